The zero-order valence-corrected chi connectivity index (χ0v) is 16.2. The summed E-state index contributed by atoms with van der Waals surface area (Å²) in [5.41, 5.74) is -0.889. The van der Waals surface area contributed by atoms with Crippen molar-refractivity contribution in [3.63, 3.8) is 0 Å². The van der Waals surface area contributed by atoms with E-state index in [1.54, 1.807) is 13.0 Å². The maximum Gasteiger partial charge on any atom is 0.303 e. The van der Waals surface area contributed by atoms with E-state index in [9.17, 15) is 20.1 Å². The molecule has 1 rings (SSSR count). The highest BCUT2D eigenvalue weighted by atomic mass is 16.4. The second-order valence-corrected chi connectivity index (χ2v) is 7.78. The largest absolute Gasteiger partial charge is 0.481 e. The van der Waals surface area contributed by atoms with E-state index in [0.717, 1.165) is 19.3 Å². The van der Waals surface area contributed by atoms with Crippen LogP contribution in [0.2, 0.25) is 0 Å². The average molecular weight is 369 g/mol. The number of rotatable bonds is 12. The predicted octanol–water partition coefficient (Wildman–Crippen LogP) is 3.43. The van der Waals surface area contributed by atoms with Crippen molar-refractivity contribution in [2.24, 2.45) is 11.8 Å². The molecule has 0 amide bonds. The van der Waals surface area contributed by atoms with Crippen molar-refractivity contribution in [2.75, 3.05) is 0 Å². The average Bonchev–Trinajstić information content (AvgIpc) is 2.82. The molecule has 1 aliphatic carbocycles. The van der Waals surface area contributed by atoms with E-state index < -0.39 is 23.8 Å². The van der Waals surface area contributed by atoms with Gasteiger partial charge in [-0.05, 0) is 38.5 Å². The molecule has 5 atom stereocenters. The molecule has 1 fully saturated rings. The van der Waals surface area contributed by atoms with E-state index in [0.29, 0.717) is 32.1 Å². The number of unbranched alkanes of at least 4 members (excludes halogenated alkanes) is 3. The molecule has 0 spiro atoms. The van der Waals surface area contributed by atoms with Gasteiger partial charge in [0.25, 0.3) is 0 Å². The summed E-state index contributed by atoms with van der Waals surface area (Å²) in [5, 5.41) is 39.6. The minimum absolute atomic E-state index is 0.0802. The molecule has 1 saturated carbocycles. The summed E-state index contributed by atoms with van der Waals surface area (Å²) in [4.78, 5) is 10.5. The van der Waals surface area contributed by atoms with Crippen LogP contribution in [0.15, 0.2) is 24.3 Å². The number of allylic oxidation sites excluding steroid dienone is 2. The quantitative estimate of drug-likeness (QED) is 0.312. The lowest BCUT2D eigenvalue weighted by Gasteiger charge is -2.23. The fourth-order valence-electron chi connectivity index (χ4n) is 3.58. The molecule has 5 heteroatoms. The van der Waals surface area contributed by atoms with Crippen LogP contribution in [0.3, 0.4) is 0 Å². The molecule has 5 nitrogen and oxygen atoms in total. The summed E-state index contributed by atoms with van der Waals surface area (Å²) in [6.45, 7) is 3.91. The highest BCUT2D eigenvalue weighted by Gasteiger charge is 2.39. The molecule has 1 aliphatic rings. The van der Waals surface area contributed by atoms with Gasteiger partial charge < -0.3 is 20.4 Å². The van der Waals surface area contributed by atoms with Gasteiger partial charge >= 0.3 is 5.97 Å². The summed E-state index contributed by atoms with van der Waals surface area (Å²) < 4.78 is 0. The Labute approximate surface area is 157 Å². The first-order valence-electron chi connectivity index (χ1n) is 9.91. The molecule has 150 valence electrons. The Kier molecular flexibility index (Phi) is 10.1. The van der Waals surface area contributed by atoms with E-state index in [1.165, 1.54) is 0 Å². The highest BCUT2D eigenvalue weighted by Crippen LogP contribution is 2.37. The minimum atomic E-state index is -0.889. The zero-order valence-electron chi connectivity index (χ0n) is 16.2. The molecule has 26 heavy (non-hydrogen) atoms. The van der Waals surface area contributed by atoms with Crippen molar-refractivity contribution in [3.8, 4) is 0 Å². The third-order valence-corrected chi connectivity index (χ3v) is 5.22. The fraction of sp³-hybridized carbons (Fsp3) is 0.762. The van der Waals surface area contributed by atoms with Gasteiger partial charge in [0, 0.05) is 18.8 Å². The molecule has 0 aromatic heterocycles. The van der Waals surface area contributed by atoms with Gasteiger partial charge in [-0.1, -0.05) is 50.5 Å². The molecule has 0 bridgehead atoms. The van der Waals surface area contributed by atoms with Gasteiger partial charge in [-0.25, -0.2) is 0 Å². The van der Waals surface area contributed by atoms with Crippen molar-refractivity contribution in [2.45, 2.75) is 89.4 Å². The Morgan fingerprint density at radius 2 is 1.88 bits per heavy atom. The van der Waals surface area contributed by atoms with Crippen LogP contribution in [-0.4, -0.2) is 44.2 Å². The normalized spacial score (nSPS) is 28.8. The van der Waals surface area contributed by atoms with Gasteiger partial charge in [0.2, 0.25) is 0 Å². The van der Waals surface area contributed by atoms with Crippen LogP contribution in [0, 0.1) is 11.8 Å². The van der Waals surface area contributed by atoms with E-state index in [2.05, 4.69) is 6.92 Å². The Hall–Kier alpha value is -1.17. The van der Waals surface area contributed by atoms with Crippen molar-refractivity contribution < 1.29 is 25.2 Å². The standard InChI is InChI=1S/C21H36O5/c1-3-4-9-13-21(2,26)14-12-17-16(18(22)15-19(17)23)10-7-5-6-8-11-20(24)25/h5,7,12,14,16-19,22-23,26H,3-4,6,8-11,13,15H2,1-2H3,(H,24,25)/b7-5-,14-12+/t16-,17+,18-,19+,21+/m0/s1. The van der Waals surface area contributed by atoms with E-state index in [4.69, 9.17) is 5.11 Å². The highest BCUT2D eigenvalue weighted by molar-refractivity contribution is 5.66. The van der Waals surface area contributed by atoms with Crippen LogP contribution in [0.1, 0.15) is 71.6 Å². The van der Waals surface area contributed by atoms with Crippen molar-refractivity contribution in [1.82, 2.24) is 0 Å². The topological polar surface area (TPSA) is 98.0 Å². The number of hydrogen-bond acceptors (Lipinski definition) is 4. The van der Waals surface area contributed by atoms with E-state index in [1.807, 2.05) is 18.2 Å². The van der Waals surface area contributed by atoms with Gasteiger partial charge in [0.15, 0.2) is 0 Å². The Bertz CT molecular complexity index is 469. The van der Waals surface area contributed by atoms with Gasteiger partial charge in [0.05, 0.1) is 17.8 Å². The second-order valence-electron chi connectivity index (χ2n) is 7.78. The molecule has 0 saturated heterocycles. The number of carbonyl (C=O) groups is 1. The van der Waals surface area contributed by atoms with Crippen LogP contribution in [0.4, 0.5) is 0 Å². The lowest BCUT2D eigenvalue weighted by Crippen LogP contribution is -2.24. The van der Waals surface area contributed by atoms with Gasteiger partial charge in [-0.2, -0.15) is 0 Å². The number of carboxylic acid groups (broad SMARTS) is 1. The molecular weight excluding hydrogens is 332 g/mol. The van der Waals surface area contributed by atoms with Crippen molar-refractivity contribution >= 4 is 5.97 Å². The fourth-order valence-corrected chi connectivity index (χ4v) is 3.58. The molecule has 0 aliphatic heterocycles. The first-order valence-corrected chi connectivity index (χ1v) is 9.91. The summed E-state index contributed by atoms with van der Waals surface area (Å²) in [6, 6.07) is 0. The third kappa shape index (κ3) is 8.47. The van der Waals surface area contributed by atoms with E-state index in [-0.39, 0.29) is 18.3 Å². The van der Waals surface area contributed by atoms with E-state index >= 15 is 0 Å². The first kappa shape index (κ1) is 22.9. The Balaban J connectivity index is 2.56. The second kappa shape index (κ2) is 11.5. The number of carboxylic acids is 1. The molecule has 0 aromatic carbocycles. The van der Waals surface area contributed by atoms with Gasteiger partial charge in [0.1, 0.15) is 0 Å². The van der Waals surface area contributed by atoms with Crippen LogP contribution in [-0.2, 0) is 4.79 Å². The van der Waals surface area contributed by atoms with Crippen LogP contribution in [0.5, 0.6) is 0 Å². The molecule has 0 aromatic rings. The predicted molar refractivity (Wildman–Crippen MR) is 103 cm³/mol. The molecule has 0 radical (unpaired) electrons. The lowest BCUT2D eigenvalue weighted by atomic mass is 9.88. The number of aliphatic hydroxyl groups excluding tert-OH is 2. The molecule has 4 N–H and O–H groups in total. The summed E-state index contributed by atoms with van der Waals surface area (Å²) in [5.74, 6) is -1.04. The number of hydrogen-bond donors (Lipinski definition) is 4. The van der Waals surface area contributed by atoms with Gasteiger partial charge in [-0.3, -0.25) is 4.79 Å². The smallest absolute Gasteiger partial charge is 0.303 e. The third-order valence-electron chi connectivity index (χ3n) is 5.22. The number of aliphatic carboxylic acids is 1. The Morgan fingerprint density at radius 3 is 2.54 bits per heavy atom. The molecular formula is C21H36O5. The lowest BCUT2D eigenvalue weighted by molar-refractivity contribution is -0.137. The molecule has 0 unspecified atom stereocenters. The SMILES string of the molecule is CCCCC[C@@](C)(O)/C=C/[C@@H]1[C@H](C/C=C\CCCC(=O)O)[C@@H](O)C[C@H]1O. The summed E-state index contributed by atoms with van der Waals surface area (Å²) in [6.07, 6.45) is 12.7. The Morgan fingerprint density at radius 1 is 1.15 bits per heavy atom. The zero-order chi connectivity index (χ0) is 19.6. The summed E-state index contributed by atoms with van der Waals surface area (Å²) in [7, 11) is 0. The minimum Gasteiger partial charge on any atom is -0.481 e. The van der Waals surface area contributed by atoms with Gasteiger partial charge in [-0.15, -0.1) is 0 Å². The van der Waals surface area contributed by atoms with Crippen LogP contribution < -0.4 is 0 Å². The number of aliphatic hydroxyl groups is 3. The van der Waals surface area contributed by atoms with Crippen LogP contribution >= 0.6 is 0 Å². The first-order chi connectivity index (χ1) is 12.3. The maximum atomic E-state index is 10.5. The molecule has 0 heterocycles. The van der Waals surface area contributed by atoms with Crippen LogP contribution in [0.25, 0.3) is 0 Å². The van der Waals surface area contributed by atoms with Crippen molar-refractivity contribution in [1.29, 1.82) is 0 Å². The van der Waals surface area contributed by atoms with Crippen molar-refractivity contribution in [3.05, 3.63) is 24.3 Å². The monoisotopic (exact) mass is 368 g/mol. The maximum absolute atomic E-state index is 10.5. The summed E-state index contributed by atoms with van der Waals surface area (Å²) >= 11 is 0.